The molecular formula is C16H26N4O2. The summed E-state index contributed by atoms with van der Waals surface area (Å²) in [7, 11) is 0. The Hall–Kier alpha value is -2.11. The zero-order chi connectivity index (χ0) is 16.8. The topological polar surface area (TPSA) is 74.3 Å². The van der Waals surface area contributed by atoms with Crippen molar-refractivity contribution in [2.45, 2.75) is 46.2 Å². The van der Waals surface area contributed by atoms with Crippen LogP contribution in [0.5, 0.6) is 0 Å². The van der Waals surface area contributed by atoms with Gasteiger partial charge in [0, 0.05) is 24.5 Å². The maximum absolute atomic E-state index is 12.3. The van der Waals surface area contributed by atoms with Crippen molar-refractivity contribution < 1.29 is 9.59 Å². The van der Waals surface area contributed by atoms with Gasteiger partial charge in [0.25, 0.3) is 0 Å². The quantitative estimate of drug-likeness (QED) is 0.874. The summed E-state index contributed by atoms with van der Waals surface area (Å²) in [6.07, 6.45) is 3.37. The van der Waals surface area contributed by atoms with Crippen molar-refractivity contribution in [1.29, 1.82) is 0 Å². The fourth-order valence-corrected chi connectivity index (χ4v) is 1.97. The number of amides is 3. The van der Waals surface area contributed by atoms with E-state index in [0.29, 0.717) is 6.54 Å². The molecule has 0 aliphatic carbocycles. The molecule has 0 aliphatic heterocycles. The average Bonchev–Trinajstić information content (AvgIpc) is 2.43. The van der Waals surface area contributed by atoms with Crippen molar-refractivity contribution in [2.24, 2.45) is 0 Å². The lowest BCUT2D eigenvalue weighted by molar-refractivity contribution is -0.123. The second-order valence-corrected chi connectivity index (χ2v) is 6.26. The third-order valence-electron chi connectivity index (χ3n) is 3.06. The fourth-order valence-electron chi connectivity index (χ4n) is 1.97. The normalized spacial score (nSPS) is 12.4. The zero-order valence-corrected chi connectivity index (χ0v) is 14.0. The number of urea groups is 1. The molecule has 3 amide bonds. The van der Waals surface area contributed by atoms with Gasteiger partial charge >= 0.3 is 6.03 Å². The van der Waals surface area contributed by atoms with Crippen molar-refractivity contribution >= 4 is 11.9 Å². The smallest absolute Gasteiger partial charge is 0.318 e. The van der Waals surface area contributed by atoms with E-state index in [2.05, 4.69) is 15.6 Å². The van der Waals surface area contributed by atoms with Gasteiger partial charge in [-0.3, -0.25) is 9.78 Å². The van der Waals surface area contributed by atoms with Gasteiger partial charge in [-0.2, -0.15) is 0 Å². The maximum Gasteiger partial charge on any atom is 0.318 e. The first-order chi connectivity index (χ1) is 10.2. The second kappa shape index (κ2) is 7.77. The predicted octanol–water partition coefficient (Wildman–Crippen LogP) is 2.09. The van der Waals surface area contributed by atoms with E-state index >= 15 is 0 Å². The number of likely N-dealkylation sites (N-methyl/N-ethyl adjacent to an activating group) is 1. The van der Waals surface area contributed by atoms with E-state index in [-0.39, 0.29) is 30.1 Å². The van der Waals surface area contributed by atoms with Gasteiger partial charge in [0.2, 0.25) is 5.91 Å². The van der Waals surface area contributed by atoms with Gasteiger partial charge in [0.05, 0.1) is 6.04 Å². The number of rotatable bonds is 5. The molecule has 22 heavy (non-hydrogen) atoms. The SMILES string of the molecule is CCN(CC(=O)NC(C)(C)C)C(=O)NC(C)c1ccncc1. The van der Waals surface area contributed by atoms with Crippen LogP contribution in [0.4, 0.5) is 4.79 Å². The molecular weight excluding hydrogens is 280 g/mol. The number of carbonyl (C=O) groups excluding carboxylic acids is 2. The van der Waals surface area contributed by atoms with Crippen molar-refractivity contribution in [2.75, 3.05) is 13.1 Å². The van der Waals surface area contributed by atoms with Gasteiger partial charge in [0.15, 0.2) is 0 Å². The minimum atomic E-state index is -0.308. The number of pyridine rings is 1. The monoisotopic (exact) mass is 306 g/mol. The van der Waals surface area contributed by atoms with Crippen LogP contribution >= 0.6 is 0 Å². The van der Waals surface area contributed by atoms with Crippen LogP contribution in [0, 0.1) is 0 Å². The van der Waals surface area contributed by atoms with Crippen LogP contribution in [0.1, 0.15) is 46.2 Å². The van der Waals surface area contributed by atoms with Crippen LogP contribution in [0.3, 0.4) is 0 Å². The van der Waals surface area contributed by atoms with E-state index in [1.54, 1.807) is 12.4 Å². The van der Waals surface area contributed by atoms with Crippen LogP contribution < -0.4 is 10.6 Å². The molecule has 0 spiro atoms. The minimum Gasteiger partial charge on any atom is -0.350 e. The molecule has 0 aliphatic rings. The Bertz CT molecular complexity index is 497. The summed E-state index contributed by atoms with van der Waals surface area (Å²) in [5.41, 5.74) is 0.663. The Morgan fingerprint density at radius 1 is 1.27 bits per heavy atom. The average molecular weight is 306 g/mol. The number of hydrogen-bond donors (Lipinski definition) is 2. The first kappa shape index (κ1) is 17.9. The first-order valence-corrected chi connectivity index (χ1v) is 7.49. The van der Waals surface area contributed by atoms with E-state index in [1.807, 2.05) is 46.8 Å². The summed E-state index contributed by atoms with van der Waals surface area (Å²) < 4.78 is 0. The highest BCUT2D eigenvalue weighted by Crippen LogP contribution is 2.10. The largest absolute Gasteiger partial charge is 0.350 e. The Kier molecular flexibility index (Phi) is 6.34. The number of aromatic nitrogens is 1. The summed E-state index contributed by atoms with van der Waals surface area (Å²) in [5.74, 6) is -0.166. The van der Waals surface area contributed by atoms with Gasteiger partial charge in [-0.25, -0.2) is 4.79 Å². The molecule has 122 valence electrons. The Balaban J connectivity index is 2.59. The van der Waals surface area contributed by atoms with Crippen LogP contribution in [0.25, 0.3) is 0 Å². The molecule has 1 aromatic rings. The number of carbonyl (C=O) groups is 2. The molecule has 1 aromatic heterocycles. The molecule has 0 bridgehead atoms. The van der Waals surface area contributed by atoms with Gasteiger partial charge in [-0.1, -0.05) is 0 Å². The molecule has 1 unspecified atom stereocenters. The molecule has 1 rings (SSSR count). The van der Waals surface area contributed by atoms with Gasteiger partial charge < -0.3 is 15.5 Å². The number of hydrogen-bond acceptors (Lipinski definition) is 3. The zero-order valence-electron chi connectivity index (χ0n) is 14.0. The summed E-state index contributed by atoms with van der Waals surface area (Å²) in [5, 5.41) is 5.75. The second-order valence-electron chi connectivity index (χ2n) is 6.26. The molecule has 0 radical (unpaired) electrons. The van der Waals surface area contributed by atoms with E-state index in [4.69, 9.17) is 0 Å². The van der Waals surface area contributed by atoms with Crippen molar-refractivity contribution in [3.63, 3.8) is 0 Å². The summed E-state index contributed by atoms with van der Waals surface area (Å²) in [6.45, 7) is 9.98. The van der Waals surface area contributed by atoms with Crippen LogP contribution in [0.2, 0.25) is 0 Å². The molecule has 6 nitrogen and oxygen atoms in total. The van der Waals surface area contributed by atoms with Gasteiger partial charge in [0.1, 0.15) is 6.54 Å². The lowest BCUT2D eigenvalue weighted by Crippen LogP contribution is -2.49. The minimum absolute atomic E-state index is 0.0443. The maximum atomic E-state index is 12.3. The van der Waals surface area contributed by atoms with E-state index in [1.165, 1.54) is 4.90 Å². The van der Waals surface area contributed by atoms with Crippen LogP contribution in [0.15, 0.2) is 24.5 Å². The van der Waals surface area contributed by atoms with Gasteiger partial charge in [-0.05, 0) is 52.3 Å². The summed E-state index contributed by atoms with van der Waals surface area (Å²) in [4.78, 5) is 29.7. The van der Waals surface area contributed by atoms with Crippen molar-refractivity contribution in [3.05, 3.63) is 30.1 Å². The van der Waals surface area contributed by atoms with Crippen LogP contribution in [-0.4, -0.2) is 40.5 Å². The Labute approximate surface area is 132 Å². The molecule has 0 aromatic carbocycles. The van der Waals surface area contributed by atoms with Crippen molar-refractivity contribution in [3.8, 4) is 0 Å². The number of nitrogens with one attached hydrogen (secondary N) is 2. The van der Waals surface area contributed by atoms with E-state index in [0.717, 1.165) is 5.56 Å². The highest BCUT2D eigenvalue weighted by Gasteiger charge is 2.20. The molecule has 0 saturated carbocycles. The molecule has 1 heterocycles. The highest BCUT2D eigenvalue weighted by atomic mass is 16.2. The standard InChI is InChI=1S/C16H26N4O2/c1-6-20(11-14(21)19-16(3,4)5)15(22)18-12(2)13-7-9-17-10-8-13/h7-10,12H,6,11H2,1-5H3,(H,18,22)(H,19,21). The van der Waals surface area contributed by atoms with E-state index in [9.17, 15) is 9.59 Å². The Morgan fingerprint density at radius 3 is 2.36 bits per heavy atom. The lowest BCUT2D eigenvalue weighted by Gasteiger charge is -2.26. The fraction of sp³-hybridized carbons (Fsp3) is 0.562. The van der Waals surface area contributed by atoms with Gasteiger partial charge in [-0.15, -0.1) is 0 Å². The highest BCUT2D eigenvalue weighted by molar-refractivity contribution is 5.84. The summed E-state index contributed by atoms with van der Waals surface area (Å²) >= 11 is 0. The van der Waals surface area contributed by atoms with Crippen molar-refractivity contribution in [1.82, 2.24) is 20.5 Å². The molecule has 6 heteroatoms. The molecule has 0 fully saturated rings. The lowest BCUT2D eigenvalue weighted by atomic mass is 10.1. The molecule has 0 saturated heterocycles. The number of nitrogens with zero attached hydrogens (tertiary/aromatic N) is 2. The summed E-state index contributed by atoms with van der Waals surface area (Å²) in [6, 6.07) is 3.31. The third kappa shape index (κ3) is 6.11. The van der Waals surface area contributed by atoms with E-state index < -0.39 is 0 Å². The Morgan fingerprint density at radius 2 is 1.86 bits per heavy atom. The van der Waals surface area contributed by atoms with Crippen LogP contribution in [-0.2, 0) is 4.79 Å². The molecule has 2 N–H and O–H groups in total. The predicted molar refractivity (Wildman–Crippen MR) is 86.3 cm³/mol. The first-order valence-electron chi connectivity index (χ1n) is 7.49. The third-order valence-corrected chi connectivity index (χ3v) is 3.06. The molecule has 1 atom stereocenters.